The van der Waals surface area contributed by atoms with E-state index in [-0.39, 0.29) is 0 Å². The fourth-order valence-corrected chi connectivity index (χ4v) is 3.82. The van der Waals surface area contributed by atoms with Gasteiger partial charge in [-0.2, -0.15) is 0 Å². The first kappa shape index (κ1) is 21.9. The van der Waals surface area contributed by atoms with Gasteiger partial charge in [-0.05, 0) is 67.6 Å². The predicted molar refractivity (Wildman–Crippen MR) is 126 cm³/mol. The van der Waals surface area contributed by atoms with Crippen molar-refractivity contribution >= 4 is 12.2 Å². The topological polar surface area (TPSA) is 57.6 Å². The minimum absolute atomic E-state index is 0.555. The number of likely N-dealkylation sites (N-methyl/N-ethyl adjacent to an activating group) is 1. The molecular weight excluding hydrogens is 424 g/mol. The molecule has 0 radical (unpaired) electrons. The van der Waals surface area contributed by atoms with E-state index in [4.69, 9.17) is 31.2 Å². The maximum atomic E-state index is 5.79. The molecule has 4 aromatic rings. The Balaban J connectivity index is 1.54. The van der Waals surface area contributed by atoms with E-state index in [1.165, 1.54) is 5.56 Å². The quantitative estimate of drug-likeness (QED) is 0.341. The Morgan fingerprint density at radius 3 is 2.47 bits per heavy atom. The fourth-order valence-electron chi connectivity index (χ4n) is 3.53. The lowest BCUT2D eigenvalue weighted by Gasteiger charge is -2.17. The van der Waals surface area contributed by atoms with Crippen molar-refractivity contribution in [3.05, 3.63) is 77.3 Å². The highest BCUT2D eigenvalue weighted by molar-refractivity contribution is 7.71. The summed E-state index contributed by atoms with van der Waals surface area (Å²) in [5, 5.41) is 4.78. The van der Waals surface area contributed by atoms with Gasteiger partial charge in [0, 0.05) is 6.54 Å². The monoisotopic (exact) mass is 450 g/mol. The fraction of sp³-hybridized carbons (Fsp3) is 0.250. The van der Waals surface area contributed by atoms with Gasteiger partial charge in [0.05, 0.1) is 32.8 Å². The Labute approximate surface area is 192 Å². The zero-order chi connectivity index (χ0) is 22.5. The molecule has 0 N–H and O–H groups in total. The minimum atomic E-state index is 0.555. The predicted octanol–water partition coefficient (Wildman–Crippen LogP) is 4.81. The first-order chi connectivity index (χ1) is 15.6. The van der Waals surface area contributed by atoms with Crippen LogP contribution in [0.25, 0.3) is 17.3 Å². The number of para-hydroxylation sites is 1. The molecule has 0 aliphatic carbocycles. The summed E-state index contributed by atoms with van der Waals surface area (Å²) in [6.45, 7) is 1.38. The van der Waals surface area contributed by atoms with Crippen LogP contribution in [0.15, 0.2) is 71.3 Å². The zero-order valence-electron chi connectivity index (χ0n) is 18.4. The second-order valence-corrected chi connectivity index (χ2v) is 7.78. The van der Waals surface area contributed by atoms with Gasteiger partial charge in [-0.1, -0.05) is 24.3 Å². The molecule has 32 heavy (non-hydrogen) atoms. The second kappa shape index (κ2) is 9.84. The van der Waals surface area contributed by atoms with Gasteiger partial charge in [0.15, 0.2) is 17.3 Å². The molecule has 0 saturated carbocycles. The number of hydrogen-bond donors (Lipinski definition) is 0. The van der Waals surface area contributed by atoms with Crippen molar-refractivity contribution < 1.29 is 13.9 Å². The number of benzene rings is 2. The molecule has 0 amide bonds. The summed E-state index contributed by atoms with van der Waals surface area (Å²) in [6, 6.07) is 19.7. The number of aromatic nitrogens is 3. The first-order valence-electron chi connectivity index (χ1n) is 10.3. The van der Waals surface area contributed by atoms with Gasteiger partial charge >= 0.3 is 0 Å². The summed E-state index contributed by atoms with van der Waals surface area (Å²) >= 11 is 5.79. The first-order valence-corrected chi connectivity index (χ1v) is 10.7. The van der Waals surface area contributed by atoms with Crippen LogP contribution in [0.2, 0.25) is 0 Å². The van der Waals surface area contributed by atoms with Gasteiger partial charge in [0.25, 0.3) is 0 Å². The molecule has 4 rings (SSSR count). The smallest absolute Gasteiger partial charge is 0.204 e. The van der Waals surface area contributed by atoms with Crippen LogP contribution in [0.4, 0.5) is 0 Å². The van der Waals surface area contributed by atoms with Crippen molar-refractivity contribution in [1.29, 1.82) is 0 Å². The van der Waals surface area contributed by atoms with Crippen molar-refractivity contribution in [3.63, 3.8) is 0 Å². The third-order valence-electron chi connectivity index (χ3n) is 5.20. The molecule has 2 aromatic carbocycles. The molecular formula is C24H26N4O3S. The number of rotatable bonds is 9. The Kier molecular flexibility index (Phi) is 6.72. The number of hydrogen-bond acceptors (Lipinski definition) is 6. The molecule has 166 valence electrons. The van der Waals surface area contributed by atoms with Crippen LogP contribution < -0.4 is 9.47 Å². The summed E-state index contributed by atoms with van der Waals surface area (Å²) in [7, 11) is 5.34. The van der Waals surface area contributed by atoms with Gasteiger partial charge in [-0.15, -0.1) is 5.10 Å². The molecule has 8 heteroatoms. The van der Waals surface area contributed by atoms with Crippen LogP contribution in [0, 0.1) is 4.77 Å². The molecule has 2 heterocycles. The Morgan fingerprint density at radius 1 is 1.00 bits per heavy atom. The summed E-state index contributed by atoms with van der Waals surface area (Å²) in [5.41, 5.74) is 2.12. The molecule has 0 atom stereocenters. The highest BCUT2D eigenvalue weighted by atomic mass is 32.1. The van der Waals surface area contributed by atoms with Crippen LogP contribution in [0.5, 0.6) is 11.5 Å². The van der Waals surface area contributed by atoms with Crippen LogP contribution in [-0.4, -0.2) is 47.1 Å². The lowest BCUT2D eigenvalue weighted by molar-refractivity contribution is 0.255. The van der Waals surface area contributed by atoms with Gasteiger partial charge in [-0.25, -0.2) is 4.68 Å². The highest BCUT2D eigenvalue weighted by Crippen LogP contribution is 2.28. The zero-order valence-corrected chi connectivity index (χ0v) is 19.2. The summed E-state index contributed by atoms with van der Waals surface area (Å²) in [4.78, 5) is 2.18. The molecule has 0 fully saturated rings. The normalized spacial score (nSPS) is 11.1. The van der Waals surface area contributed by atoms with Gasteiger partial charge in [0.1, 0.15) is 0 Å². The van der Waals surface area contributed by atoms with Gasteiger partial charge in [-0.3, -0.25) is 9.47 Å². The standard InChI is InChI=1S/C24H26N4O3S/c1-26(14-13-18-11-12-20(29-2)22(16-18)30-3)17-27-24(32)28(19-8-5-4-6-9-19)23(25-27)21-10-7-15-31-21/h4-12,15-16H,13-14,17H2,1-3H3. The highest BCUT2D eigenvalue weighted by Gasteiger charge is 2.17. The van der Waals surface area contributed by atoms with Crippen molar-refractivity contribution in [2.45, 2.75) is 13.1 Å². The summed E-state index contributed by atoms with van der Waals surface area (Å²) in [6.07, 6.45) is 2.50. The summed E-state index contributed by atoms with van der Waals surface area (Å²) in [5.74, 6) is 2.82. The van der Waals surface area contributed by atoms with Crippen LogP contribution in [0.1, 0.15) is 5.56 Å². The Morgan fingerprint density at radius 2 is 1.78 bits per heavy atom. The maximum absolute atomic E-state index is 5.79. The van der Waals surface area contributed by atoms with Crippen LogP contribution in [-0.2, 0) is 13.1 Å². The average Bonchev–Trinajstić information content (AvgIpc) is 3.46. The van der Waals surface area contributed by atoms with E-state index in [1.54, 1.807) is 20.5 Å². The van der Waals surface area contributed by atoms with Crippen molar-refractivity contribution in [2.24, 2.45) is 0 Å². The summed E-state index contributed by atoms with van der Waals surface area (Å²) < 4.78 is 20.7. The number of furan rings is 1. The third kappa shape index (κ3) is 4.61. The molecule has 0 spiro atoms. The van der Waals surface area contributed by atoms with Gasteiger partial charge in [0.2, 0.25) is 10.6 Å². The van der Waals surface area contributed by atoms with Crippen LogP contribution in [0.3, 0.4) is 0 Å². The maximum Gasteiger partial charge on any atom is 0.204 e. The molecule has 0 aliphatic heterocycles. The lowest BCUT2D eigenvalue weighted by Crippen LogP contribution is -2.25. The molecule has 0 unspecified atom stereocenters. The van der Waals surface area contributed by atoms with E-state index in [0.717, 1.165) is 30.2 Å². The van der Waals surface area contributed by atoms with Crippen molar-refractivity contribution in [2.75, 3.05) is 27.8 Å². The van der Waals surface area contributed by atoms with E-state index < -0.39 is 0 Å². The second-order valence-electron chi connectivity index (χ2n) is 7.41. The molecule has 0 saturated heterocycles. The largest absolute Gasteiger partial charge is 0.493 e. The Bertz CT molecular complexity index is 1220. The van der Waals surface area contributed by atoms with E-state index in [2.05, 4.69) is 18.0 Å². The lowest BCUT2D eigenvalue weighted by atomic mass is 10.1. The van der Waals surface area contributed by atoms with E-state index in [1.807, 2.05) is 63.8 Å². The van der Waals surface area contributed by atoms with E-state index in [9.17, 15) is 0 Å². The number of ether oxygens (including phenoxy) is 2. The third-order valence-corrected chi connectivity index (χ3v) is 5.59. The number of nitrogens with zero attached hydrogens (tertiary/aromatic N) is 4. The van der Waals surface area contributed by atoms with Crippen molar-refractivity contribution in [1.82, 2.24) is 19.2 Å². The van der Waals surface area contributed by atoms with E-state index >= 15 is 0 Å². The van der Waals surface area contributed by atoms with E-state index in [0.29, 0.717) is 23.0 Å². The molecule has 0 bridgehead atoms. The SMILES string of the molecule is COc1ccc(CCN(C)Cn2nc(-c3ccco3)n(-c3ccccc3)c2=S)cc1OC. The van der Waals surface area contributed by atoms with Crippen molar-refractivity contribution in [3.8, 4) is 28.8 Å². The molecule has 7 nitrogen and oxygen atoms in total. The minimum Gasteiger partial charge on any atom is -0.493 e. The molecule has 2 aromatic heterocycles. The van der Waals surface area contributed by atoms with Crippen LogP contribution >= 0.6 is 12.2 Å². The number of methoxy groups -OCH3 is 2. The van der Waals surface area contributed by atoms with Gasteiger partial charge < -0.3 is 13.9 Å². The Hall–Kier alpha value is -3.36. The average molecular weight is 451 g/mol. The molecule has 0 aliphatic rings.